The number of rotatable bonds is 3. The second-order valence-electron chi connectivity index (χ2n) is 7.17. The quantitative estimate of drug-likeness (QED) is 0.685. The highest BCUT2D eigenvalue weighted by Gasteiger charge is 2.52. The van der Waals surface area contributed by atoms with E-state index in [0.29, 0.717) is 18.4 Å². The standard InChI is InChI=1S/C19H24N2O3/c1-11-9-12(2)14(4)16(13(11)3)15(22)10-21-17(23)19(20-18(21)24)7-5-6-8-19/h9H,5-8,10H2,1-4H3,(H,20,24). The zero-order valence-electron chi connectivity index (χ0n) is 14.8. The first-order valence-corrected chi connectivity index (χ1v) is 8.51. The van der Waals surface area contributed by atoms with Crippen molar-refractivity contribution >= 4 is 17.7 Å². The average molecular weight is 328 g/mol. The van der Waals surface area contributed by atoms with Gasteiger partial charge in [-0.25, -0.2) is 4.79 Å². The number of benzene rings is 1. The van der Waals surface area contributed by atoms with E-state index < -0.39 is 11.6 Å². The lowest BCUT2D eigenvalue weighted by Crippen LogP contribution is -2.44. The minimum absolute atomic E-state index is 0.171. The molecule has 24 heavy (non-hydrogen) atoms. The predicted octanol–water partition coefficient (Wildman–Crippen LogP) is 2.97. The highest BCUT2D eigenvalue weighted by molar-refractivity contribution is 6.12. The number of nitrogens with one attached hydrogen (secondary N) is 1. The van der Waals surface area contributed by atoms with Crippen LogP contribution in [0, 0.1) is 27.7 Å². The Hall–Kier alpha value is -2.17. The SMILES string of the molecule is Cc1cc(C)c(C)c(C(=O)CN2C(=O)NC3(CCCC3)C2=O)c1C. The molecule has 0 bridgehead atoms. The zero-order chi connectivity index (χ0) is 17.6. The third-order valence-electron chi connectivity index (χ3n) is 5.65. The van der Waals surface area contributed by atoms with E-state index in [0.717, 1.165) is 40.0 Å². The molecule has 1 N–H and O–H groups in total. The van der Waals surface area contributed by atoms with Crippen LogP contribution in [-0.2, 0) is 4.79 Å². The lowest BCUT2D eigenvalue weighted by atomic mass is 9.91. The summed E-state index contributed by atoms with van der Waals surface area (Å²) in [6, 6.07) is 1.62. The summed E-state index contributed by atoms with van der Waals surface area (Å²) in [5, 5.41) is 2.82. The molecule has 2 fully saturated rings. The molecule has 5 nitrogen and oxygen atoms in total. The first-order valence-electron chi connectivity index (χ1n) is 8.51. The second-order valence-corrected chi connectivity index (χ2v) is 7.17. The Labute approximate surface area is 142 Å². The van der Waals surface area contributed by atoms with Crippen molar-refractivity contribution < 1.29 is 14.4 Å². The van der Waals surface area contributed by atoms with Crippen LogP contribution in [0.1, 0.15) is 58.3 Å². The van der Waals surface area contributed by atoms with Crippen LogP contribution in [0.5, 0.6) is 0 Å². The maximum absolute atomic E-state index is 12.9. The molecule has 1 aromatic carbocycles. The van der Waals surface area contributed by atoms with E-state index in [1.807, 2.05) is 27.7 Å². The van der Waals surface area contributed by atoms with Crippen molar-refractivity contribution in [2.45, 2.75) is 58.9 Å². The molecule has 1 aromatic rings. The van der Waals surface area contributed by atoms with Crippen LogP contribution in [0.3, 0.4) is 0 Å². The summed E-state index contributed by atoms with van der Waals surface area (Å²) in [5.74, 6) is -0.409. The first-order chi connectivity index (χ1) is 11.3. The topological polar surface area (TPSA) is 66.5 Å². The molecule has 0 radical (unpaired) electrons. The minimum Gasteiger partial charge on any atom is -0.323 e. The zero-order valence-corrected chi connectivity index (χ0v) is 14.8. The molecule has 128 valence electrons. The smallest absolute Gasteiger partial charge is 0.323 e. The summed E-state index contributed by atoms with van der Waals surface area (Å²) in [6.45, 7) is 7.59. The molecule has 0 aromatic heterocycles. The summed E-state index contributed by atoms with van der Waals surface area (Å²) < 4.78 is 0. The maximum Gasteiger partial charge on any atom is 0.325 e. The van der Waals surface area contributed by atoms with Crippen molar-refractivity contribution in [3.63, 3.8) is 0 Å². The number of aryl methyl sites for hydroxylation is 2. The predicted molar refractivity (Wildman–Crippen MR) is 91.2 cm³/mol. The van der Waals surface area contributed by atoms with Crippen LogP contribution in [0.4, 0.5) is 4.79 Å². The van der Waals surface area contributed by atoms with Gasteiger partial charge >= 0.3 is 6.03 Å². The number of urea groups is 1. The van der Waals surface area contributed by atoms with E-state index in [1.165, 1.54) is 0 Å². The third-order valence-corrected chi connectivity index (χ3v) is 5.65. The minimum atomic E-state index is -0.760. The van der Waals surface area contributed by atoms with E-state index in [9.17, 15) is 14.4 Å². The van der Waals surface area contributed by atoms with Crippen molar-refractivity contribution in [3.8, 4) is 0 Å². The van der Waals surface area contributed by atoms with Gasteiger partial charge in [0, 0.05) is 5.56 Å². The van der Waals surface area contributed by atoms with Crippen LogP contribution < -0.4 is 5.32 Å². The number of carbonyl (C=O) groups is 3. The van der Waals surface area contributed by atoms with Crippen LogP contribution in [0.2, 0.25) is 0 Å². The van der Waals surface area contributed by atoms with Crippen LogP contribution in [-0.4, -0.2) is 34.7 Å². The summed E-state index contributed by atoms with van der Waals surface area (Å²) in [4.78, 5) is 38.9. The molecule has 0 unspecified atom stereocenters. The number of amides is 3. The third kappa shape index (κ3) is 2.43. The van der Waals surface area contributed by atoms with Gasteiger partial charge in [-0.2, -0.15) is 0 Å². The summed E-state index contributed by atoms with van der Waals surface area (Å²) in [6.07, 6.45) is 3.21. The van der Waals surface area contributed by atoms with Gasteiger partial charge in [-0.05, 0) is 62.8 Å². The molecule has 1 saturated heterocycles. The Morgan fingerprint density at radius 2 is 1.62 bits per heavy atom. The molecule has 1 aliphatic heterocycles. The number of nitrogens with zero attached hydrogens (tertiary/aromatic N) is 1. The first kappa shape index (κ1) is 16.7. The molecule has 1 aliphatic carbocycles. The van der Waals surface area contributed by atoms with Crippen LogP contribution >= 0.6 is 0 Å². The van der Waals surface area contributed by atoms with Gasteiger partial charge in [0.25, 0.3) is 5.91 Å². The van der Waals surface area contributed by atoms with Crippen molar-refractivity contribution in [3.05, 3.63) is 33.9 Å². The molecular weight excluding hydrogens is 304 g/mol. The molecule has 5 heteroatoms. The van der Waals surface area contributed by atoms with Gasteiger partial charge in [0.1, 0.15) is 5.54 Å². The Morgan fingerprint density at radius 1 is 1.08 bits per heavy atom. The number of imide groups is 1. The van der Waals surface area contributed by atoms with Crippen molar-refractivity contribution in [1.82, 2.24) is 10.2 Å². The summed E-state index contributed by atoms with van der Waals surface area (Å²) in [7, 11) is 0. The Morgan fingerprint density at radius 3 is 2.17 bits per heavy atom. The largest absolute Gasteiger partial charge is 0.325 e. The van der Waals surface area contributed by atoms with E-state index in [4.69, 9.17) is 0 Å². The van der Waals surface area contributed by atoms with Crippen molar-refractivity contribution in [2.24, 2.45) is 0 Å². The molecule has 0 atom stereocenters. The number of ketones is 1. The monoisotopic (exact) mass is 328 g/mol. The van der Waals surface area contributed by atoms with Gasteiger partial charge in [-0.1, -0.05) is 18.9 Å². The van der Waals surface area contributed by atoms with Crippen LogP contribution in [0.15, 0.2) is 6.07 Å². The molecular formula is C19H24N2O3. The van der Waals surface area contributed by atoms with Gasteiger partial charge in [0.2, 0.25) is 0 Å². The van der Waals surface area contributed by atoms with Gasteiger partial charge < -0.3 is 5.32 Å². The number of hydrogen-bond donors (Lipinski definition) is 1. The van der Waals surface area contributed by atoms with Gasteiger partial charge in [-0.15, -0.1) is 0 Å². The normalized spacial score (nSPS) is 19.2. The summed E-state index contributed by atoms with van der Waals surface area (Å²) >= 11 is 0. The van der Waals surface area contributed by atoms with E-state index in [2.05, 4.69) is 11.4 Å². The van der Waals surface area contributed by atoms with E-state index >= 15 is 0 Å². The Kier molecular flexibility index (Phi) is 3.98. The highest BCUT2D eigenvalue weighted by atomic mass is 16.2. The summed E-state index contributed by atoms with van der Waals surface area (Å²) in [5.41, 5.74) is 3.82. The fourth-order valence-corrected chi connectivity index (χ4v) is 4.00. The van der Waals surface area contributed by atoms with Crippen molar-refractivity contribution in [1.29, 1.82) is 0 Å². The van der Waals surface area contributed by atoms with Gasteiger partial charge in [0.05, 0.1) is 6.54 Å². The average Bonchev–Trinajstić information content (AvgIpc) is 3.07. The molecule has 3 amide bonds. The molecule has 1 saturated carbocycles. The maximum atomic E-state index is 12.9. The second kappa shape index (κ2) is 5.72. The van der Waals surface area contributed by atoms with E-state index in [-0.39, 0.29) is 18.2 Å². The molecule has 2 aliphatic rings. The highest BCUT2D eigenvalue weighted by Crippen LogP contribution is 2.35. The fraction of sp³-hybridized carbons (Fsp3) is 0.526. The number of Topliss-reactive ketones (excluding diaryl/α,β-unsaturated/α-hetero) is 1. The molecule has 1 spiro atoms. The molecule has 1 heterocycles. The fourth-order valence-electron chi connectivity index (χ4n) is 4.00. The van der Waals surface area contributed by atoms with Gasteiger partial charge in [0.15, 0.2) is 5.78 Å². The lowest BCUT2D eigenvalue weighted by molar-refractivity contribution is -0.130. The van der Waals surface area contributed by atoms with Crippen LogP contribution in [0.25, 0.3) is 0 Å². The number of hydrogen-bond acceptors (Lipinski definition) is 3. The number of carbonyl (C=O) groups excluding carboxylic acids is 3. The van der Waals surface area contributed by atoms with E-state index in [1.54, 1.807) is 0 Å². The Balaban J connectivity index is 1.89. The van der Waals surface area contributed by atoms with Gasteiger partial charge in [-0.3, -0.25) is 14.5 Å². The lowest BCUT2D eigenvalue weighted by Gasteiger charge is -2.20. The van der Waals surface area contributed by atoms with Crippen molar-refractivity contribution in [2.75, 3.05) is 6.54 Å². The molecule has 3 rings (SSSR count). The Bertz CT molecular complexity index is 719.